The minimum atomic E-state index is 0.152. The van der Waals surface area contributed by atoms with Gasteiger partial charge in [-0.15, -0.1) is 0 Å². The molecule has 0 aliphatic rings. The molecule has 0 saturated heterocycles. The standard InChI is InChI=1S/C13H18N4O/c1-11(12-5-3-4-6-14-12)17-9-7-15-13(17)16-8-10-18-2/h3-7,9,11H,8,10H2,1-2H3,(H,15,16). The van der Waals surface area contributed by atoms with Crippen molar-refractivity contribution < 1.29 is 4.74 Å². The van der Waals surface area contributed by atoms with E-state index in [9.17, 15) is 0 Å². The lowest BCUT2D eigenvalue weighted by molar-refractivity contribution is 0.210. The summed E-state index contributed by atoms with van der Waals surface area (Å²) in [5.74, 6) is 0.838. The van der Waals surface area contributed by atoms with Crippen LogP contribution in [0.2, 0.25) is 0 Å². The van der Waals surface area contributed by atoms with E-state index in [0.717, 1.165) is 18.2 Å². The molecule has 0 aliphatic heterocycles. The molecule has 2 aromatic rings. The predicted octanol–water partition coefficient (Wildman–Crippen LogP) is 1.95. The Labute approximate surface area is 107 Å². The number of hydrogen-bond acceptors (Lipinski definition) is 4. The maximum Gasteiger partial charge on any atom is 0.203 e. The van der Waals surface area contributed by atoms with Crippen molar-refractivity contribution in [3.05, 3.63) is 42.5 Å². The number of nitrogens with zero attached hydrogens (tertiary/aromatic N) is 3. The molecule has 1 N–H and O–H groups in total. The van der Waals surface area contributed by atoms with Gasteiger partial charge in [-0.1, -0.05) is 6.07 Å². The lowest BCUT2D eigenvalue weighted by Crippen LogP contribution is -2.15. The van der Waals surface area contributed by atoms with E-state index in [1.54, 1.807) is 19.5 Å². The van der Waals surface area contributed by atoms with E-state index in [1.807, 2.05) is 24.4 Å². The third kappa shape index (κ3) is 2.87. The second-order valence-electron chi connectivity index (χ2n) is 4.01. The number of nitrogens with one attached hydrogen (secondary N) is 1. The van der Waals surface area contributed by atoms with Gasteiger partial charge in [0.05, 0.1) is 18.3 Å². The molecule has 5 heteroatoms. The first-order valence-electron chi connectivity index (χ1n) is 5.99. The fourth-order valence-electron chi connectivity index (χ4n) is 1.79. The molecule has 2 aromatic heterocycles. The average Bonchev–Trinajstić information content (AvgIpc) is 2.88. The first-order valence-corrected chi connectivity index (χ1v) is 5.99. The normalized spacial score (nSPS) is 12.3. The zero-order chi connectivity index (χ0) is 12.8. The second kappa shape index (κ2) is 6.16. The lowest BCUT2D eigenvalue weighted by Gasteiger charge is -2.16. The van der Waals surface area contributed by atoms with Gasteiger partial charge in [0.1, 0.15) is 0 Å². The van der Waals surface area contributed by atoms with E-state index in [4.69, 9.17) is 4.74 Å². The van der Waals surface area contributed by atoms with Gasteiger partial charge in [0.15, 0.2) is 0 Å². The Balaban J connectivity index is 2.11. The fourth-order valence-corrected chi connectivity index (χ4v) is 1.79. The molecule has 0 bridgehead atoms. The molecule has 2 heterocycles. The van der Waals surface area contributed by atoms with Crippen molar-refractivity contribution in [1.29, 1.82) is 0 Å². The van der Waals surface area contributed by atoms with Crippen LogP contribution in [-0.2, 0) is 4.74 Å². The van der Waals surface area contributed by atoms with Crippen molar-refractivity contribution in [3.63, 3.8) is 0 Å². The number of ether oxygens (including phenoxy) is 1. The Hall–Kier alpha value is -1.88. The molecule has 18 heavy (non-hydrogen) atoms. The molecule has 96 valence electrons. The Kier molecular flexibility index (Phi) is 4.30. The minimum absolute atomic E-state index is 0.152. The molecule has 0 aromatic carbocycles. The van der Waals surface area contributed by atoms with Gasteiger partial charge in [-0.05, 0) is 19.1 Å². The lowest BCUT2D eigenvalue weighted by atomic mass is 10.2. The highest BCUT2D eigenvalue weighted by molar-refractivity contribution is 5.28. The van der Waals surface area contributed by atoms with E-state index in [-0.39, 0.29) is 6.04 Å². The molecule has 2 rings (SSSR count). The molecule has 0 spiro atoms. The van der Waals surface area contributed by atoms with Crippen LogP contribution in [0, 0.1) is 0 Å². The van der Waals surface area contributed by atoms with Crippen molar-refractivity contribution in [2.45, 2.75) is 13.0 Å². The van der Waals surface area contributed by atoms with E-state index in [2.05, 4.69) is 26.8 Å². The topological polar surface area (TPSA) is 52.0 Å². The SMILES string of the molecule is COCCNc1nccn1C(C)c1ccccn1. The molecule has 0 amide bonds. The monoisotopic (exact) mass is 246 g/mol. The maximum atomic E-state index is 5.01. The first kappa shape index (κ1) is 12.6. The number of anilines is 1. The predicted molar refractivity (Wildman–Crippen MR) is 70.6 cm³/mol. The van der Waals surface area contributed by atoms with Crippen LogP contribution in [0.25, 0.3) is 0 Å². The molecular weight excluding hydrogens is 228 g/mol. The van der Waals surface area contributed by atoms with Crippen LogP contribution < -0.4 is 5.32 Å². The average molecular weight is 246 g/mol. The highest BCUT2D eigenvalue weighted by Gasteiger charge is 2.12. The molecule has 0 radical (unpaired) electrons. The number of pyridine rings is 1. The fraction of sp³-hybridized carbons (Fsp3) is 0.385. The third-order valence-electron chi connectivity index (χ3n) is 2.79. The summed E-state index contributed by atoms with van der Waals surface area (Å²) in [6.07, 6.45) is 5.55. The van der Waals surface area contributed by atoms with Crippen molar-refractivity contribution in [2.24, 2.45) is 0 Å². The Bertz CT molecular complexity index is 469. The minimum Gasteiger partial charge on any atom is -0.383 e. The molecule has 5 nitrogen and oxygen atoms in total. The Morgan fingerprint density at radius 1 is 1.33 bits per heavy atom. The van der Waals surface area contributed by atoms with Gasteiger partial charge in [0, 0.05) is 32.2 Å². The van der Waals surface area contributed by atoms with Gasteiger partial charge in [0.25, 0.3) is 0 Å². The van der Waals surface area contributed by atoms with Gasteiger partial charge >= 0.3 is 0 Å². The Morgan fingerprint density at radius 2 is 2.22 bits per heavy atom. The van der Waals surface area contributed by atoms with Crippen molar-refractivity contribution >= 4 is 5.95 Å². The summed E-state index contributed by atoms with van der Waals surface area (Å²) in [7, 11) is 1.69. The second-order valence-corrected chi connectivity index (χ2v) is 4.01. The van der Waals surface area contributed by atoms with E-state index < -0.39 is 0 Å². The maximum absolute atomic E-state index is 5.01. The summed E-state index contributed by atoms with van der Waals surface area (Å²) in [6, 6.07) is 6.08. The highest BCUT2D eigenvalue weighted by atomic mass is 16.5. The highest BCUT2D eigenvalue weighted by Crippen LogP contribution is 2.19. The van der Waals surface area contributed by atoms with E-state index in [1.165, 1.54) is 0 Å². The summed E-state index contributed by atoms with van der Waals surface area (Å²) < 4.78 is 7.08. The van der Waals surface area contributed by atoms with Crippen LogP contribution in [0.5, 0.6) is 0 Å². The molecule has 1 atom stereocenters. The van der Waals surface area contributed by atoms with Crippen LogP contribution >= 0.6 is 0 Å². The van der Waals surface area contributed by atoms with Gasteiger partial charge in [0.2, 0.25) is 5.95 Å². The van der Waals surface area contributed by atoms with Crippen LogP contribution in [0.1, 0.15) is 18.7 Å². The van der Waals surface area contributed by atoms with Crippen LogP contribution in [0.3, 0.4) is 0 Å². The van der Waals surface area contributed by atoms with Gasteiger partial charge in [-0.3, -0.25) is 4.98 Å². The molecule has 1 unspecified atom stereocenters. The van der Waals surface area contributed by atoms with E-state index in [0.29, 0.717) is 6.61 Å². The largest absolute Gasteiger partial charge is 0.383 e. The quantitative estimate of drug-likeness (QED) is 0.791. The van der Waals surface area contributed by atoms with Crippen LogP contribution in [0.15, 0.2) is 36.8 Å². The number of imidazole rings is 1. The Morgan fingerprint density at radius 3 is 2.94 bits per heavy atom. The molecule has 0 saturated carbocycles. The van der Waals surface area contributed by atoms with Gasteiger partial charge < -0.3 is 14.6 Å². The first-order chi connectivity index (χ1) is 8.83. The summed E-state index contributed by atoms with van der Waals surface area (Å²) in [5.41, 5.74) is 1.02. The summed E-state index contributed by atoms with van der Waals surface area (Å²) in [6.45, 7) is 3.50. The smallest absolute Gasteiger partial charge is 0.203 e. The number of hydrogen-bond donors (Lipinski definition) is 1. The summed E-state index contributed by atoms with van der Waals surface area (Å²) >= 11 is 0. The number of aromatic nitrogens is 3. The number of rotatable bonds is 6. The van der Waals surface area contributed by atoms with Crippen LogP contribution in [-0.4, -0.2) is 34.8 Å². The summed E-state index contributed by atoms with van der Waals surface area (Å²) in [5, 5.41) is 3.24. The zero-order valence-corrected chi connectivity index (χ0v) is 10.7. The van der Waals surface area contributed by atoms with Crippen molar-refractivity contribution in [2.75, 3.05) is 25.6 Å². The molecule has 0 aliphatic carbocycles. The molecular formula is C13H18N4O. The van der Waals surface area contributed by atoms with Gasteiger partial charge in [-0.25, -0.2) is 4.98 Å². The molecule has 0 fully saturated rings. The van der Waals surface area contributed by atoms with E-state index >= 15 is 0 Å². The number of methoxy groups -OCH3 is 1. The van der Waals surface area contributed by atoms with Gasteiger partial charge in [-0.2, -0.15) is 0 Å². The summed E-state index contributed by atoms with van der Waals surface area (Å²) in [4.78, 5) is 8.67. The van der Waals surface area contributed by atoms with Crippen molar-refractivity contribution in [1.82, 2.24) is 14.5 Å². The third-order valence-corrected chi connectivity index (χ3v) is 2.79. The van der Waals surface area contributed by atoms with Crippen molar-refractivity contribution in [3.8, 4) is 0 Å². The zero-order valence-electron chi connectivity index (χ0n) is 10.7. The van der Waals surface area contributed by atoms with Crippen LogP contribution in [0.4, 0.5) is 5.95 Å².